The van der Waals surface area contributed by atoms with Gasteiger partial charge in [-0.1, -0.05) is 0 Å². The largest absolute Gasteiger partial charge is 0.388 e. The molecule has 0 unspecified atom stereocenters. The summed E-state index contributed by atoms with van der Waals surface area (Å²) in [7, 11) is 0. The van der Waals surface area contributed by atoms with Gasteiger partial charge in [0.25, 0.3) is 0 Å². The van der Waals surface area contributed by atoms with Crippen LogP contribution < -0.4 is 0 Å². The fourth-order valence-electron chi connectivity index (χ4n) is 1.97. The summed E-state index contributed by atoms with van der Waals surface area (Å²) >= 11 is 0. The molecule has 1 aliphatic rings. The van der Waals surface area contributed by atoms with Crippen molar-refractivity contribution >= 4 is 11.0 Å². The third-order valence-corrected chi connectivity index (χ3v) is 2.78. The maximum Gasteiger partial charge on any atom is 0.135 e. The highest BCUT2D eigenvalue weighted by Crippen LogP contribution is 2.38. The second kappa shape index (κ2) is 3.03. The number of nitrogens with zero attached hydrogens (tertiary/aromatic N) is 2. The summed E-state index contributed by atoms with van der Waals surface area (Å²) in [5, 5.41) is 9.19. The molecule has 0 radical (unpaired) electrons. The highest BCUT2D eigenvalue weighted by atomic mass is 19.1. The van der Waals surface area contributed by atoms with Gasteiger partial charge in [0, 0.05) is 12.1 Å². The molecule has 4 heteroatoms. The number of hydrogen-bond acceptors (Lipinski definition) is 2. The van der Waals surface area contributed by atoms with E-state index in [0.717, 1.165) is 18.4 Å². The van der Waals surface area contributed by atoms with E-state index >= 15 is 0 Å². The molecule has 15 heavy (non-hydrogen) atoms. The minimum absolute atomic E-state index is 0.0905. The molecule has 0 atom stereocenters. The van der Waals surface area contributed by atoms with Crippen LogP contribution in [0, 0.1) is 5.82 Å². The Morgan fingerprint density at radius 1 is 1.47 bits per heavy atom. The van der Waals surface area contributed by atoms with Gasteiger partial charge in [-0.25, -0.2) is 9.37 Å². The zero-order valence-electron chi connectivity index (χ0n) is 8.15. The van der Waals surface area contributed by atoms with E-state index in [9.17, 15) is 9.50 Å². The SMILES string of the molecule is OCc1nc2cc(F)ccc2n1C1CC1. The number of benzene rings is 1. The van der Waals surface area contributed by atoms with Crippen molar-refractivity contribution in [1.82, 2.24) is 9.55 Å². The van der Waals surface area contributed by atoms with E-state index in [4.69, 9.17) is 0 Å². The first kappa shape index (κ1) is 8.85. The molecule has 1 saturated carbocycles. The molecular formula is C11H11FN2O. The second-order valence-electron chi connectivity index (χ2n) is 3.92. The number of fused-ring (bicyclic) bond motifs is 1. The molecule has 0 saturated heterocycles. The predicted molar refractivity (Wildman–Crippen MR) is 53.9 cm³/mol. The topological polar surface area (TPSA) is 38.1 Å². The van der Waals surface area contributed by atoms with E-state index in [1.54, 1.807) is 6.07 Å². The monoisotopic (exact) mass is 206 g/mol. The van der Waals surface area contributed by atoms with E-state index in [2.05, 4.69) is 4.98 Å². The lowest BCUT2D eigenvalue weighted by molar-refractivity contribution is 0.266. The molecule has 78 valence electrons. The van der Waals surface area contributed by atoms with Crippen molar-refractivity contribution in [1.29, 1.82) is 0 Å². The Balaban J connectivity index is 2.28. The van der Waals surface area contributed by atoms with Gasteiger partial charge in [-0.2, -0.15) is 0 Å². The van der Waals surface area contributed by atoms with E-state index in [0.29, 0.717) is 17.4 Å². The average Bonchev–Trinajstić information content (AvgIpc) is 2.99. The zero-order chi connectivity index (χ0) is 10.4. The molecule has 0 aliphatic heterocycles. The van der Waals surface area contributed by atoms with Gasteiger partial charge in [-0.05, 0) is 25.0 Å². The second-order valence-corrected chi connectivity index (χ2v) is 3.92. The van der Waals surface area contributed by atoms with Gasteiger partial charge in [0.15, 0.2) is 0 Å². The van der Waals surface area contributed by atoms with Gasteiger partial charge < -0.3 is 9.67 Å². The highest BCUT2D eigenvalue weighted by molar-refractivity contribution is 5.76. The first-order chi connectivity index (χ1) is 7.29. The first-order valence-electron chi connectivity index (χ1n) is 5.07. The molecule has 3 rings (SSSR count). The van der Waals surface area contributed by atoms with Crippen LogP contribution >= 0.6 is 0 Å². The molecule has 1 aromatic carbocycles. The standard InChI is InChI=1S/C11H11FN2O/c12-7-1-4-10-9(5-7)13-11(6-15)14(10)8-2-3-8/h1,4-5,8,15H,2-3,6H2. The lowest BCUT2D eigenvalue weighted by Crippen LogP contribution is -2.00. The van der Waals surface area contributed by atoms with Crippen molar-refractivity contribution in [2.75, 3.05) is 0 Å². The summed E-state index contributed by atoms with van der Waals surface area (Å²) in [6, 6.07) is 5.02. The van der Waals surface area contributed by atoms with E-state index in [1.807, 2.05) is 4.57 Å². The smallest absolute Gasteiger partial charge is 0.135 e. The third kappa shape index (κ3) is 1.33. The number of hydrogen-bond donors (Lipinski definition) is 1. The van der Waals surface area contributed by atoms with E-state index < -0.39 is 0 Å². The average molecular weight is 206 g/mol. The molecule has 1 N–H and O–H groups in total. The van der Waals surface area contributed by atoms with Gasteiger partial charge in [0.05, 0.1) is 11.0 Å². The molecular weight excluding hydrogens is 195 g/mol. The molecule has 0 amide bonds. The number of rotatable bonds is 2. The van der Waals surface area contributed by atoms with Crippen molar-refractivity contribution < 1.29 is 9.50 Å². The van der Waals surface area contributed by atoms with Crippen LogP contribution in [0.3, 0.4) is 0 Å². The van der Waals surface area contributed by atoms with Crippen molar-refractivity contribution in [3.63, 3.8) is 0 Å². The van der Waals surface area contributed by atoms with Gasteiger partial charge in [0.2, 0.25) is 0 Å². The number of aliphatic hydroxyl groups excluding tert-OH is 1. The summed E-state index contributed by atoms with van der Waals surface area (Å²) in [5.74, 6) is 0.352. The molecule has 3 nitrogen and oxygen atoms in total. The van der Waals surface area contributed by atoms with Crippen LogP contribution in [0.1, 0.15) is 24.7 Å². The minimum Gasteiger partial charge on any atom is -0.388 e. The molecule has 1 heterocycles. The lowest BCUT2D eigenvalue weighted by Gasteiger charge is -2.04. The molecule has 1 aliphatic carbocycles. The van der Waals surface area contributed by atoms with Crippen LogP contribution in [0.15, 0.2) is 18.2 Å². The van der Waals surface area contributed by atoms with Crippen molar-refractivity contribution in [2.24, 2.45) is 0 Å². The number of aromatic nitrogens is 2. The fourth-order valence-corrected chi connectivity index (χ4v) is 1.97. The Morgan fingerprint density at radius 3 is 2.93 bits per heavy atom. The van der Waals surface area contributed by atoms with Crippen LogP contribution in [-0.2, 0) is 6.61 Å². The summed E-state index contributed by atoms with van der Waals surface area (Å²) in [6.45, 7) is -0.0905. The first-order valence-corrected chi connectivity index (χ1v) is 5.07. The summed E-state index contributed by atoms with van der Waals surface area (Å²) in [4.78, 5) is 4.23. The maximum atomic E-state index is 13.0. The molecule has 1 fully saturated rings. The Kier molecular flexibility index (Phi) is 1.79. The zero-order valence-corrected chi connectivity index (χ0v) is 8.15. The van der Waals surface area contributed by atoms with Crippen LogP contribution in [0.2, 0.25) is 0 Å². The summed E-state index contributed by atoms with van der Waals surface area (Å²) in [6.07, 6.45) is 2.24. The summed E-state index contributed by atoms with van der Waals surface area (Å²) < 4.78 is 15.0. The number of halogens is 1. The maximum absolute atomic E-state index is 13.0. The van der Waals surface area contributed by atoms with Crippen LogP contribution in [0.4, 0.5) is 4.39 Å². The van der Waals surface area contributed by atoms with E-state index in [1.165, 1.54) is 12.1 Å². The van der Waals surface area contributed by atoms with Crippen molar-refractivity contribution in [3.8, 4) is 0 Å². The quantitative estimate of drug-likeness (QED) is 0.816. The fraction of sp³-hybridized carbons (Fsp3) is 0.364. The Hall–Kier alpha value is -1.42. The highest BCUT2D eigenvalue weighted by Gasteiger charge is 2.27. The van der Waals surface area contributed by atoms with Gasteiger partial charge in [-0.15, -0.1) is 0 Å². The Morgan fingerprint density at radius 2 is 2.27 bits per heavy atom. The lowest BCUT2D eigenvalue weighted by atomic mass is 10.3. The molecule has 2 aromatic rings. The minimum atomic E-state index is -0.285. The van der Waals surface area contributed by atoms with Crippen LogP contribution in [-0.4, -0.2) is 14.7 Å². The molecule has 0 spiro atoms. The Labute approximate surface area is 86.2 Å². The number of imidazole rings is 1. The number of aliphatic hydroxyl groups is 1. The normalized spacial score (nSPS) is 16.1. The van der Waals surface area contributed by atoms with Gasteiger partial charge in [0.1, 0.15) is 18.2 Å². The summed E-state index contributed by atoms with van der Waals surface area (Å²) in [5.41, 5.74) is 1.55. The van der Waals surface area contributed by atoms with Crippen molar-refractivity contribution in [2.45, 2.75) is 25.5 Å². The van der Waals surface area contributed by atoms with Gasteiger partial charge >= 0.3 is 0 Å². The molecule has 1 aromatic heterocycles. The third-order valence-electron chi connectivity index (χ3n) is 2.78. The van der Waals surface area contributed by atoms with Crippen LogP contribution in [0.5, 0.6) is 0 Å². The van der Waals surface area contributed by atoms with E-state index in [-0.39, 0.29) is 12.4 Å². The van der Waals surface area contributed by atoms with Crippen molar-refractivity contribution in [3.05, 3.63) is 29.8 Å². The van der Waals surface area contributed by atoms with Gasteiger partial charge in [-0.3, -0.25) is 0 Å². The predicted octanol–water partition coefficient (Wildman–Crippen LogP) is 2.00. The molecule has 0 bridgehead atoms. The van der Waals surface area contributed by atoms with Crippen LogP contribution in [0.25, 0.3) is 11.0 Å². The Bertz CT molecular complexity index is 517.